The van der Waals surface area contributed by atoms with Gasteiger partial charge in [-0.3, -0.25) is 4.79 Å². The molecule has 272 valence electrons. The fourth-order valence-corrected chi connectivity index (χ4v) is 5.49. The molecule has 4 atom stereocenters. The van der Waals surface area contributed by atoms with Crippen molar-refractivity contribution in [2.45, 2.75) is 37.3 Å². The summed E-state index contributed by atoms with van der Waals surface area (Å²) in [5, 5.41) is 88.9. The molecule has 9 N–H and O–H groups in total. The minimum absolute atomic E-state index is 0.0410. The normalized spacial score (nSPS) is 16.1. The number of carbonyl (C=O) groups is 3. The molecule has 1 heterocycles. The highest BCUT2D eigenvalue weighted by molar-refractivity contribution is 5.90. The van der Waals surface area contributed by atoms with Crippen LogP contribution in [-0.2, 0) is 41.4 Å². The van der Waals surface area contributed by atoms with Crippen LogP contribution in [0.25, 0.3) is 6.08 Å². The van der Waals surface area contributed by atoms with Crippen LogP contribution in [0.4, 0.5) is 0 Å². The van der Waals surface area contributed by atoms with E-state index in [0.29, 0.717) is 5.56 Å². The monoisotopic (exact) mass is 720 g/mol. The lowest BCUT2D eigenvalue weighted by Gasteiger charge is -2.22. The van der Waals surface area contributed by atoms with E-state index in [1.807, 2.05) is 0 Å². The summed E-state index contributed by atoms with van der Waals surface area (Å²) in [5.41, 5.74) is 0.760. The Morgan fingerprint density at radius 1 is 0.712 bits per heavy atom. The van der Waals surface area contributed by atoms with Gasteiger partial charge in [-0.05, 0) is 70.8 Å². The molecular formula is C36H32O16. The van der Waals surface area contributed by atoms with Crippen molar-refractivity contribution in [2.24, 2.45) is 0 Å². The van der Waals surface area contributed by atoms with Crippen molar-refractivity contribution < 1.29 is 79.3 Å². The number of aliphatic carboxylic acids is 1. The molecule has 1 aliphatic heterocycles. The van der Waals surface area contributed by atoms with E-state index in [1.54, 1.807) is 0 Å². The topological polar surface area (TPSA) is 270 Å². The quantitative estimate of drug-likeness (QED) is 0.0415. The molecule has 5 rings (SSSR count). The molecule has 0 aromatic heterocycles. The molecule has 52 heavy (non-hydrogen) atoms. The van der Waals surface area contributed by atoms with E-state index >= 15 is 0 Å². The number of ether oxygens (including phenoxy) is 4. The van der Waals surface area contributed by atoms with Crippen LogP contribution in [0.3, 0.4) is 0 Å². The largest absolute Gasteiger partial charge is 0.504 e. The first kappa shape index (κ1) is 36.6. The molecule has 0 radical (unpaired) electrons. The van der Waals surface area contributed by atoms with Crippen molar-refractivity contribution in [3.8, 4) is 46.0 Å². The Bertz CT molecular complexity index is 2020. The number of hydrogen-bond donors (Lipinski definition) is 9. The minimum Gasteiger partial charge on any atom is -0.504 e. The molecular weight excluding hydrogens is 688 g/mol. The van der Waals surface area contributed by atoms with Gasteiger partial charge in [0.05, 0.1) is 0 Å². The highest BCUT2D eigenvalue weighted by Crippen LogP contribution is 2.53. The van der Waals surface area contributed by atoms with Crippen LogP contribution in [0.2, 0.25) is 0 Å². The van der Waals surface area contributed by atoms with E-state index in [0.717, 1.165) is 30.3 Å². The fourth-order valence-electron chi connectivity index (χ4n) is 5.49. The third kappa shape index (κ3) is 8.20. The van der Waals surface area contributed by atoms with E-state index in [-0.39, 0.29) is 40.2 Å². The molecule has 4 aromatic carbocycles. The van der Waals surface area contributed by atoms with Gasteiger partial charge in [0.25, 0.3) is 0 Å². The predicted octanol–water partition coefficient (Wildman–Crippen LogP) is 3.17. The summed E-state index contributed by atoms with van der Waals surface area (Å²) < 4.78 is 21.8. The van der Waals surface area contributed by atoms with E-state index < -0.39 is 90.0 Å². The second kappa shape index (κ2) is 15.5. The van der Waals surface area contributed by atoms with Gasteiger partial charge < -0.3 is 64.9 Å². The zero-order valence-electron chi connectivity index (χ0n) is 26.8. The molecule has 16 heteroatoms. The minimum atomic E-state index is -1.82. The van der Waals surface area contributed by atoms with Crippen molar-refractivity contribution in [3.63, 3.8) is 0 Å². The van der Waals surface area contributed by atoms with Gasteiger partial charge in [0.15, 0.2) is 46.0 Å². The molecule has 0 fully saturated rings. The Morgan fingerprint density at radius 3 is 1.87 bits per heavy atom. The van der Waals surface area contributed by atoms with Crippen molar-refractivity contribution in [1.82, 2.24) is 0 Å². The first-order chi connectivity index (χ1) is 24.7. The molecule has 16 nitrogen and oxygen atoms in total. The van der Waals surface area contributed by atoms with Gasteiger partial charge in [-0.25, -0.2) is 9.59 Å². The summed E-state index contributed by atoms with van der Waals surface area (Å²) >= 11 is 0. The number of aliphatic hydroxyl groups excluding tert-OH is 1. The lowest BCUT2D eigenvalue weighted by Crippen LogP contribution is -2.32. The van der Waals surface area contributed by atoms with Crippen molar-refractivity contribution in [1.29, 1.82) is 0 Å². The Balaban J connectivity index is 1.46. The molecule has 0 aliphatic carbocycles. The van der Waals surface area contributed by atoms with Crippen LogP contribution in [0.5, 0.6) is 46.0 Å². The van der Waals surface area contributed by atoms with E-state index in [1.165, 1.54) is 48.5 Å². The average molecular weight is 721 g/mol. The van der Waals surface area contributed by atoms with E-state index in [4.69, 9.17) is 18.9 Å². The van der Waals surface area contributed by atoms with E-state index in [2.05, 4.69) is 0 Å². The molecule has 4 aromatic rings. The summed E-state index contributed by atoms with van der Waals surface area (Å²) in [6.45, 7) is -0.836. The van der Waals surface area contributed by atoms with Crippen molar-refractivity contribution in [2.75, 3.05) is 6.79 Å². The van der Waals surface area contributed by atoms with Crippen LogP contribution >= 0.6 is 0 Å². The summed E-state index contributed by atoms with van der Waals surface area (Å²) in [6.07, 6.45) is -2.96. The number of esters is 2. The molecule has 0 spiro atoms. The summed E-state index contributed by atoms with van der Waals surface area (Å²) in [6, 6.07) is 13.5. The molecule has 0 saturated carbocycles. The Morgan fingerprint density at radius 2 is 1.29 bits per heavy atom. The molecule has 1 aliphatic rings. The number of carboxylic acids is 1. The van der Waals surface area contributed by atoms with Crippen LogP contribution in [0, 0.1) is 0 Å². The Labute approximate surface area is 293 Å². The van der Waals surface area contributed by atoms with Crippen molar-refractivity contribution in [3.05, 3.63) is 101 Å². The first-order valence-electron chi connectivity index (χ1n) is 15.4. The number of carboxylic acid groups (broad SMARTS) is 1. The standard InChI is InChI=1S/C36H32O16/c37-16-49-30(14-18-2-7-22(39)26(43)12-18)51-29(45)10-5-19-3-9-24(41)34-31(19)32(33(52-34)20-4-8-23(40)27(44)15-20)36(48)50-28(35(46)47)13-17-1-6-21(38)25(42)11-17/h1-12,15,28,30,32-33,37-44H,13-14,16H2,(H,46,47)/b10-5+/t28?,30-,32+,33-/m1/s1. The van der Waals surface area contributed by atoms with Gasteiger partial charge in [-0.2, -0.15) is 0 Å². The Hall–Kier alpha value is -6.65. The Kier molecular flexibility index (Phi) is 10.9. The maximum Gasteiger partial charge on any atom is 0.345 e. The van der Waals surface area contributed by atoms with Crippen molar-refractivity contribution >= 4 is 24.0 Å². The number of aliphatic hydroxyl groups is 1. The number of rotatable bonds is 13. The smallest absolute Gasteiger partial charge is 0.345 e. The van der Waals surface area contributed by atoms with Crippen LogP contribution in [-0.4, -0.2) is 83.1 Å². The third-order valence-corrected chi connectivity index (χ3v) is 7.99. The average Bonchev–Trinajstić information content (AvgIpc) is 3.51. The van der Waals surface area contributed by atoms with Crippen LogP contribution < -0.4 is 4.74 Å². The van der Waals surface area contributed by atoms with Gasteiger partial charge in [0.2, 0.25) is 12.4 Å². The number of phenolic OH excluding ortho intramolecular Hbond substituents is 7. The molecule has 0 saturated heterocycles. The lowest BCUT2D eigenvalue weighted by molar-refractivity contribution is -0.189. The maximum absolute atomic E-state index is 14.0. The molecule has 0 bridgehead atoms. The predicted molar refractivity (Wildman–Crippen MR) is 176 cm³/mol. The number of aromatic hydroxyl groups is 7. The molecule has 1 unspecified atom stereocenters. The summed E-state index contributed by atoms with van der Waals surface area (Å²) in [7, 11) is 0. The second-order valence-corrected chi connectivity index (χ2v) is 11.5. The van der Waals surface area contributed by atoms with Crippen LogP contribution in [0.15, 0.2) is 72.8 Å². The maximum atomic E-state index is 14.0. The lowest BCUT2D eigenvalue weighted by atomic mass is 9.87. The summed E-state index contributed by atoms with van der Waals surface area (Å²) in [4.78, 5) is 39.1. The second-order valence-electron chi connectivity index (χ2n) is 11.5. The van der Waals surface area contributed by atoms with Gasteiger partial charge in [0, 0.05) is 24.5 Å². The number of hydrogen-bond acceptors (Lipinski definition) is 15. The zero-order chi connectivity index (χ0) is 37.7. The van der Waals surface area contributed by atoms with Gasteiger partial charge >= 0.3 is 17.9 Å². The van der Waals surface area contributed by atoms with E-state index in [9.17, 15) is 60.3 Å². The SMILES string of the molecule is O=C(/C=C/c1ccc(O)c2c1[C@H](C(=O)OC(Cc1ccc(O)c(O)c1)C(=O)O)[C@@H](c1ccc(O)c(O)c1)O2)O[C@H](Cc1ccc(O)c(O)c1)OCO. The van der Waals surface area contributed by atoms with Gasteiger partial charge in [-0.1, -0.05) is 24.3 Å². The molecule has 0 amide bonds. The highest BCUT2D eigenvalue weighted by Gasteiger charge is 2.46. The number of phenols is 7. The fraction of sp³-hybridized carbons (Fsp3) is 0.194. The summed E-state index contributed by atoms with van der Waals surface area (Å²) in [5.74, 6) is -8.79. The van der Waals surface area contributed by atoms with Gasteiger partial charge in [-0.15, -0.1) is 0 Å². The number of fused-ring (bicyclic) bond motifs is 1. The third-order valence-electron chi connectivity index (χ3n) is 7.99. The van der Waals surface area contributed by atoms with Gasteiger partial charge in [0.1, 0.15) is 18.8 Å². The highest BCUT2D eigenvalue weighted by atomic mass is 16.7. The number of carbonyl (C=O) groups excluding carboxylic acids is 2. The number of benzene rings is 4. The first-order valence-corrected chi connectivity index (χ1v) is 15.4. The van der Waals surface area contributed by atoms with Crippen LogP contribution in [0.1, 0.15) is 39.8 Å². The zero-order valence-corrected chi connectivity index (χ0v) is 26.8.